The van der Waals surface area contributed by atoms with Crippen molar-refractivity contribution < 1.29 is 9.90 Å². The molecule has 4 nitrogen and oxygen atoms in total. The number of aliphatic carboxylic acids is 1. The minimum atomic E-state index is -0.777. The first-order chi connectivity index (χ1) is 6.88. The quantitative estimate of drug-likeness (QED) is 0.802. The van der Waals surface area contributed by atoms with Crippen molar-refractivity contribution in [3.05, 3.63) is 18.2 Å². The third-order valence-electron chi connectivity index (χ3n) is 2.19. The molecule has 0 aromatic carbocycles. The summed E-state index contributed by atoms with van der Waals surface area (Å²) in [6, 6.07) is 0. The van der Waals surface area contributed by atoms with Gasteiger partial charge in [0.15, 0.2) is 0 Å². The maximum atomic E-state index is 10.7. The van der Waals surface area contributed by atoms with Crippen LogP contribution in [0.5, 0.6) is 0 Å². The van der Waals surface area contributed by atoms with E-state index in [1.54, 1.807) is 12.4 Å². The topological polar surface area (TPSA) is 66.0 Å². The number of nitrogens with one attached hydrogen (secondary N) is 1. The number of hydrogen-bond donors (Lipinski definition) is 2. The first-order valence-electron chi connectivity index (χ1n) is 5.09. The van der Waals surface area contributed by atoms with E-state index in [-0.39, 0.29) is 17.8 Å². The number of carboxylic acid groups (broad SMARTS) is 1. The van der Waals surface area contributed by atoms with Gasteiger partial charge in [0.2, 0.25) is 0 Å². The fourth-order valence-corrected chi connectivity index (χ4v) is 1.72. The first kappa shape index (κ1) is 11.8. The summed E-state index contributed by atoms with van der Waals surface area (Å²) >= 11 is 0. The predicted molar refractivity (Wildman–Crippen MR) is 57.7 cm³/mol. The SMILES string of the molecule is CC(C)(C)CC(CC(=O)O)c1ncc[nH]1. The van der Waals surface area contributed by atoms with Gasteiger partial charge in [0.1, 0.15) is 5.82 Å². The minimum absolute atomic E-state index is 0.0301. The molecule has 0 aliphatic heterocycles. The number of hydrogen-bond acceptors (Lipinski definition) is 2. The molecule has 0 saturated carbocycles. The first-order valence-corrected chi connectivity index (χ1v) is 5.09. The Morgan fingerprint density at radius 3 is 2.67 bits per heavy atom. The lowest BCUT2D eigenvalue weighted by molar-refractivity contribution is -0.137. The lowest BCUT2D eigenvalue weighted by atomic mass is 9.83. The van der Waals surface area contributed by atoms with E-state index < -0.39 is 5.97 Å². The smallest absolute Gasteiger partial charge is 0.304 e. The molecule has 15 heavy (non-hydrogen) atoms. The Bertz CT molecular complexity index is 312. The number of carboxylic acids is 1. The number of imidazole rings is 1. The summed E-state index contributed by atoms with van der Waals surface area (Å²) in [4.78, 5) is 17.9. The van der Waals surface area contributed by atoms with Crippen LogP contribution in [0.1, 0.15) is 45.4 Å². The lowest BCUT2D eigenvalue weighted by Gasteiger charge is -2.23. The van der Waals surface area contributed by atoms with Gasteiger partial charge < -0.3 is 10.1 Å². The predicted octanol–water partition coefficient (Wildman–Crippen LogP) is 2.40. The van der Waals surface area contributed by atoms with Gasteiger partial charge in [-0.25, -0.2) is 4.98 Å². The van der Waals surface area contributed by atoms with Gasteiger partial charge in [0, 0.05) is 18.3 Å². The fourth-order valence-electron chi connectivity index (χ4n) is 1.72. The zero-order valence-electron chi connectivity index (χ0n) is 9.45. The van der Waals surface area contributed by atoms with Gasteiger partial charge in [-0.2, -0.15) is 0 Å². The van der Waals surface area contributed by atoms with Crippen LogP contribution >= 0.6 is 0 Å². The average Bonchev–Trinajstić information content (AvgIpc) is 2.50. The second-order valence-corrected chi connectivity index (χ2v) is 5.03. The Hall–Kier alpha value is -1.32. The Balaban J connectivity index is 2.75. The highest BCUT2D eigenvalue weighted by Gasteiger charge is 2.24. The van der Waals surface area contributed by atoms with E-state index in [1.807, 2.05) is 0 Å². The van der Waals surface area contributed by atoms with E-state index in [2.05, 4.69) is 30.7 Å². The van der Waals surface area contributed by atoms with Crippen molar-refractivity contribution >= 4 is 5.97 Å². The molecule has 1 aromatic heterocycles. The zero-order chi connectivity index (χ0) is 11.5. The Kier molecular flexibility index (Phi) is 3.50. The fraction of sp³-hybridized carbons (Fsp3) is 0.636. The van der Waals surface area contributed by atoms with Crippen LogP contribution in [0.4, 0.5) is 0 Å². The van der Waals surface area contributed by atoms with Gasteiger partial charge in [-0.15, -0.1) is 0 Å². The number of carbonyl (C=O) groups is 1. The van der Waals surface area contributed by atoms with Crippen molar-refractivity contribution in [3.8, 4) is 0 Å². The summed E-state index contributed by atoms with van der Waals surface area (Å²) in [5.41, 5.74) is 0.104. The standard InChI is InChI=1S/C11H18N2O2/c1-11(2,3)7-8(6-9(14)15)10-12-4-5-13-10/h4-5,8H,6-7H2,1-3H3,(H,12,13)(H,14,15). The summed E-state index contributed by atoms with van der Waals surface area (Å²) in [5, 5.41) is 8.84. The molecule has 1 heterocycles. The number of H-pyrrole nitrogens is 1. The molecule has 2 N–H and O–H groups in total. The van der Waals surface area contributed by atoms with Crippen molar-refractivity contribution in [2.75, 3.05) is 0 Å². The van der Waals surface area contributed by atoms with E-state index in [0.29, 0.717) is 0 Å². The highest BCUT2D eigenvalue weighted by molar-refractivity contribution is 5.67. The van der Waals surface area contributed by atoms with Gasteiger partial charge in [-0.05, 0) is 11.8 Å². The maximum Gasteiger partial charge on any atom is 0.304 e. The molecule has 0 radical (unpaired) electrons. The second-order valence-electron chi connectivity index (χ2n) is 5.03. The molecular formula is C11H18N2O2. The molecule has 1 atom stereocenters. The van der Waals surface area contributed by atoms with E-state index in [4.69, 9.17) is 5.11 Å². The van der Waals surface area contributed by atoms with Crippen LogP contribution < -0.4 is 0 Å². The zero-order valence-corrected chi connectivity index (χ0v) is 9.45. The van der Waals surface area contributed by atoms with E-state index >= 15 is 0 Å². The molecule has 1 aromatic rings. The largest absolute Gasteiger partial charge is 0.481 e. The molecular weight excluding hydrogens is 192 g/mol. The molecule has 0 bridgehead atoms. The normalized spacial score (nSPS) is 13.8. The number of aromatic amines is 1. The third-order valence-corrected chi connectivity index (χ3v) is 2.19. The van der Waals surface area contributed by atoms with E-state index in [1.165, 1.54) is 0 Å². The Labute approximate surface area is 89.7 Å². The van der Waals surface area contributed by atoms with Crippen LogP contribution in [0.25, 0.3) is 0 Å². The van der Waals surface area contributed by atoms with Gasteiger partial charge in [0.05, 0.1) is 6.42 Å². The number of rotatable bonds is 4. The van der Waals surface area contributed by atoms with Crippen molar-refractivity contribution in [1.82, 2.24) is 9.97 Å². The summed E-state index contributed by atoms with van der Waals surface area (Å²) in [6.07, 6.45) is 4.33. The van der Waals surface area contributed by atoms with Crippen LogP contribution in [0.15, 0.2) is 12.4 Å². The summed E-state index contributed by atoms with van der Waals surface area (Å²) < 4.78 is 0. The molecule has 1 unspecified atom stereocenters. The maximum absolute atomic E-state index is 10.7. The van der Waals surface area contributed by atoms with Gasteiger partial charge in [-0.3, -0.25) is 4.79 Å². The Morgan fingerprint density at radius 1 is 1.60 bits per heavy atom. The van der Waals surface area contributed by atoms with E-state index in [0.717, 1.165) is 12.2 Å². The average molecular weight is 210 g/mol. The summed E-state index contributed by atoms with van der Waals surface area (Å²) in [5.74, 6) is -0.0366. The number of aromatic nitrogens is 2. The summed E-state index contributed by atoms with van der Waals surface area (Å²) in [6.45, 7) is 6.31. The van der Waals surface area contributed by atoms with Crippen LogP contribution in [0.2, 0.25) is 0 Å². The van der Waals surface area contributed by atoms with E-state index in [9.17, 15) is 4.79 Å². The van der Waals surface area contributed by atoms with Crippen LogP contribution in [0.3, 0.4) is 0 Å². The van der Waals surface area contributed by atoms with Crippen LogP contribution in [-0.4, -0.2) is 21.0 Å². The lowest BCUT2D eigenvalue weighted by Crippen LogP contribution is -2.16. The molecule has 4 heteroatoms. The molecule has 0 saturated heterocycles. The highest BCUT2D eigenvalue weighted by Crippen LogP contribution is 2.31. The van der Waals surface area contributed by atoms with Gasteiger partial charge in [0.25, 0.3) is 0 Å². The summed E-state index contributed by atoms with van der Waals surface area (Å²) in [7, 11) is 0. The monoisotopic (exact) mass is 210 g/mol. The molecule has 0 aliphatic rings. The second kappa shape index (κ2) is 4.47. The van der Waals surface area contributed by atoms with Crippen molar-refractivity contribution in [1.29, 1.82) is 0 Å². The van der Waals surface area contributed by atoms with Crippen LogP contribution in [-0.2, 0) is 4.79 Å². The van der Waals surface area contributed by atoms with Crippen molar-refractivity contribution in [2.24, 2.45) is 5.41 Å². The molecule has 0 aliphatic carbocycles. The van der Waals surface area contributed by atoms with Gasteiger partial charge in [-0.1, -0.05) is 20.8 Å². The van der Waals surface area contributed by atoms with Crippen molar-refractivity contribution in [2.45, 2.75) is 39.5 Å². The molecule has 0 amide bonds. The molecule has 0 spiro atoms. The molecule has 84 valence electrons. The molecule has 0 fully saturated rings. The van der Waals surface area contributed by atoms with Crippen molar-refractivity contribution in [3.63, 3.8) is 0 Å². The third kappa shape index (κ3) is 4.14. The van der Waals surface area contributed by atoms with Crippen LogP contribution in [0, 0.1) is 5.41 Å². The van der Waals surface area contributed by atoms with Gasteiger partial charge >= 0.3 is 5.97 Å². The Morgan fingerprint density at radius 2 is 2.27 bits per heavy atom. The highest BCUT2D eigenvalue weighted by atomic mass is 16.4. The molecule has 1 rings (SSSR count). The number of nitrogens with zero attached hydrogens (tertiary/aromatic N) is 1. The minimum Gasteiger partial charge on any atom is -0.481 e.